The molecule has 0 atom stereocenters. The van der Waals surface area contributed by atoms with Gasteiger partial charge in [-0.15, -0.1) is 24.0 Å². The zero-order valence-corrected chi connectivity index (χ0v) is 8.48. The Morgan fingerprint density at radius 3 is 2.92 bits per heavy atom. The third kappa shape index (κ3) is 1.68. The number of hydrogen-bond donors (Lipinski definition) is 2. The second kappa shape index (κ2) is 3.40. The summed E-state index contributed by atoms with van der Waals surface area (Å²) in [4.78, 5) is 5.10. The van der Waals surface area contributed by atoms with Gasteiger partial charge in [0.15, 0.2) is 0 Å². The number of nitrogens with zero attached hydrogens (tertiary/aromatic N) is 1. The molecule has 2 rings (SSSR count). The fourth-order valence-corrected chi connectivity index (χ4v) is 1.97. The van der Waals surface area contributed by atoms with E-state index in [4.69, 9.17) is 5.73 Å². The van der Waals surface area contributed by atoms with E-state index < -0.39 is 0 Å². The molecule has 1 heterocycles. The summed E-state index contributed by atoms with van der Waals surface area (Å²) in [5.74, 6) is 0. The van der Waals surface area contributed by atoms with Crippen LogP contribution in [0.2, 0.25) is 0 Å². The van der Waals surface area contributed by atoms with Gasteiger partial charge in [-0.25, -0.2) is 4.98 Å². The molecule has 0 radical (unpaired) electrons. The molecule has 0 bridgehead atoms. The highest BCUT2D eigenvalue weighted by atomic mass is 32.1. The van der Waals surface area contributed by atoms with Gasteiger partial charge in [-0.3, -0.25) is 0 Å². The maximum absolute atomic E-state index is 5.81. The monoisotopic (exact) mass is 208 g/mol. The summed E-state index contributed by atoms with van der Waals surface area (Å²) in [5.41, 5.74) is 7.52. The minimum absolute atomic E-state index is 0.743. The second-order valence-electron chi connectivity index (χ2n) is 2.61. The number of thiol groups is 1. The van der Waals surface area contributed by atoms with E-state index in [1.807, 2.05) is 23.6 Å². The van der Waals surface area contributed by atoms with Crippen LogP contribution in [0.5, 0.6) is 0 Å². The number of benzene rings is 1. The molecule has 1 aromatic heterocycles. The molecule has 66 valence electrons. The van der Waals surface area contributed by atoms with Crippen molar-refractivity contribution in [3.8, 4) is 10.6 Å². The van der Waals surface area contributed by atoms with E-state index in [1.165, 1.54) is 0 Å². The standard InChI is InChI=1S/C9H8N2S2/c10-8-2-1-6(12)5-7(8)9-11-3-4-13-9/h1-5,12H,10H2. The molecule has 2 aromatic rings. The van der Waals surface area contributed by atoms with Crippen molar-refractivity contribution < 1.29 is 0 Å². The molecule has 0 unspecified atom stereocenters. The van der Waals surface area contributed by atoms with Crippen molar-refractivity contribution in [2.24, 2.45) is 0 Å². The summed E-state index contributed by atoms with van der Waals surface area (Å²) in [5, 5.41) is 2.87. The van der Waals surface area contributed by atoms with Crippen LogP contribution in [0.15, 0.2) is 34.7 Å². The lowest BCUT2D eigenvalue weighted by Gasteiger charge is -2.02. The molecule has 13 heavy (non-hydrogen) atoms. The lowest BCUT2D eigenvalue weighted by atomic mass is 10.2. The number of thiazole rings is 1. The Bertz CT molecular complexity index is 410. The van der Waals surface area contributed by atoms with E-state index in [1.54, 1.807) is 17.5 Å². The number of nitrogen functional groups attached to an aromatic ring is 1. The predicted molar refractivity (Wildman–Crippen MR) is 59.2 cm³/mol. The average Bonchev–Trinajstić information content (AvgIpc) is 2.61. The summed E-state index contributed by atoms with van der Waals surface area (Å²) >= 11 is 5.83. The molecule has 0 saturated carbocycles. The average molecular weight is 208 g/mol. The van der Waals surface area contributed by atoms with Crippen LogP contribution < -0.4 is 5.73 Å². The number of hydrogen-bond acceptors (Lipinski definition) is 4. The molecule has 0 spiro atoms. The minimum atomic E-state index is 0.743. The molecule has 0 fully saturated rings. The highest BCUT2D eigenvalue weighted by Gasteiger charge is 2.04. The van der Waals surface area contributed by atoms with Crippen LogP contribution in [0.4, 0.5) is 5.69 Å². The molecule has 0 aliphatic heterocycles. The van der Waals surface area contributed by atoms with Crippen LogP contribution in [0.3, 0.4) is 0 Å². The van der Waals surface area contributed by atoms with Gasteiger partial charge >= 0.3 is 0 Å². The Morgan fingerprint density at radius 1 is 1.38 bits per heavy atom. The molecule has 4 heteroatoms. The van der Waals surface area contributed by atoms with Gasteiger partial charge in [-0.2, -0.15) is 0 Å². The van der Waals surface area contributed by atoms with Crippen molar-refractivity contribution >= 4 is 29.7 Å². The van der Waals surface area contributed by atoms with Crippen molar-refractivity contribution in [2.45, 2.75) is 4.90 Å². The molecule has 0 aliphatic carbocycles. The lowest BCUT2D eigenvalue weighted by molar-refractivity contribution is 1.39. The second-order valence-corrected chi connectivity index (χ2v) is 4.02. The van der Waals surface area contributed by atoms with Crippen LogP contribution >= 0.6 is 24.0 Å². The normalized spacial score (nSPS) is 10.2. The summed E-state index contributed by atoms with van der Waals surface area (Å²) in [6.45, 7) is 0. The summed E-state index contributed by atoms with van der Waals surface area (Å²) in [6, 6.07) is 5.64. The first-order chi connectivity index (χ1) is 6.27. The number of aromatic nitrogens is 1. The Hall–Kier alpha value is -1.00. The van der Waals surface area contributed by atoms with Crippen LogP contribution in [-0.2, 0) is 0 Å². The van der Waals surface area contributed by atoms with Gasteiger partial charge in [-0.05, 0) is 18.2 Å². The lowest BCUT2D eigenvalue weighted by Crippen LogP contribution is -1.88. The van der Waals surface area contributed by atoms with Crippen LogP contribution in [-0.4, -0.2) is 4.98 Å². The topological polar surface area (TPSA) is 38.9 Å². The third-order valence-corrected chi connectivity index (χ3v) is 2.78. The Morgan fingerprint density at radius 2 is 2.23 bits per heavy atom. The van der Waals surface area contributed by atoms with E-state index in [9.17, 15) is 0 Å². The first-order valence-corrected chi connectivity index (χ1v) is 5.08. The summed E-state index contributed by atoms with van der Waals surface area (Å²) < 4.78 is 0. The molecular weight excluding hydrogens is 200 g/mol. The van der Waals surface area contributed by atoms with Crippen LogP contribution in [0.25, 0.3) is 10.6 Å². The Balaban J connectivity index is 2.57. The zero-order chi connectivity index (χ0) is 9.26. The van der Waals surface area contributed by atoms with Gasteiger partial charge in [0.25, 0.3) is 0 Å². The van der Waals surface area contributed by atoms with E-state index in [0.29, 0.717) is 0 Å². The van der Waals surface area contributed by atoms with Gasteiger partial charge in [0.05, 0.1) is 0 Å². The fraction of sp³-hybridized carbons (Fsp3) is 0. The fourth-order valence-electron chi connectivity index (χ4n) is 1.09. The van der Waals surface area contributed by atoms with Gasteiger partial charge in [0, 0.05) is 27.7 Å². The quantitative estimate of drug-likeness (QED) is 0.558. The maximum atomic E-state index is 5.81. The van der Waals surface area contributed by atoms with E-state index in [2.05, 4.69) is 17.6 Å². The predicted octanol–water partition coefficient (Wildman–Crippen LogP) is 2.68. The van der Waals surface area contributed by atoms with E-state index in [-0.39, 0.29) is 0 Å². The van der Waals surface area contributed by atoms with Crippen LogP contribution in [0, 0.1) is 0 Å². The highest BCUT2D eigenvalue weighted by Crippen LogP contribution is 2.29. The highest BCUT2D eigenvalue weighted by molar-refractivity contribution is 7.80. The molecule has 1 aromatic carbocycles. The van der Waals surface area contributed by atoms with Gasteiger partial charge in [0.2, 0.25) is 0 Å². The first-order valence-electron chi connectivity index (χ1n) is 3.76. The van der Waals surface area contributed by atoms with Crippen molar-refractivity contribution in [1.82, 2.24) is 4.98 Å². The molecule has 0 amide bonds. The van der Waals surface area contributed by atoms with Crippen molar-refractivity contribution in [1.29, 1.82) is 0 Å². The largest absolute Gasteiger partial charge is 0.398 e. The smallest absolute Gasteiger partial charge is 0.125 e. The molecule has 0 saturated heterocycles. The maximum Gasteiger partial charge on any atom is 0.125 e. The molecule has 0 aliphatic rings. The summed E-state index contributed by atoms with van der Waals surface area (Å²) in [7, 11) is 0. The van der Waals surface area contributed by atoms with Crippen molar-refractivity contribution in [3.63, 3.8) is 0 Å². The van der Waals surface area contributed by atoms with Gasteiger partial charge < -0.3 is 5.73 Å². The van der Waals surface area contributed by atoms with E-state index in [0.717, 1.165) is 21.2 Å². The molecule has 2 N–H and O–H groups in total. The number of anilines is 1. The van der Waals surface area contributed by atoms with Gasteiger partial charge in [-0.1, -0.05) is 0 Å². The molecule has 2 nitrogen and oxygen atoms in total. The van der Waals surface area contributed by atoms with Crippen LogP contribution in [0.1, 0.15) is 0 Å². The summed E-state index contributed by atoms with van der Waals surface area (Å²) in [6.07, 6.45) is 1.77. The van der Waals surface area contributed by atoms with Crippen molar-refractivity contribution in [3.05, 3.63) is 29.8 Å². The first kappa shape index (κ1) is 8.59. The molecular formula is C9H8N2S2. The van der Waals surface area contributed by atoms with E-state index >= 15 is 0 Å². The number of rotatable bonds is 1. The Kier molecular flexibility index (Phi) is 2.24. The van der Waals surface area contributed by atoms with Crippen molar-refractivity contribution in [2.75, 3.05) is 5.73 Å². The zero-order valence-electron chi connectivity index (χ0n) is 6.77. The Labute approximate surface area is 85.8 Å². The third-order valence-electron chi connectivity index (χ3n) is 1.70. The van der Waals surface area contributed by atoms with Gasteiger partial charge in [0.1, 0.15) is 5.01 Å². The minimum Gasteiger partial charge on any atom is -0.398 e. The number of nitrogens with two attached hydrogens (primary N) is 1. The SMILES string of the molecule is Nc1ccc(S)cc1-c1nccs1.